The Morgan fingerprint density at radius 1 is 1.40 bits per heavy atom. The standard InChI is InChI=1S/C15H25N3O.HI/c1-12(2)10-17-15(18-11-13-5-6-13)16-8-7-14-4-3-9-19-14;/h3-4,9,12-13H,5-8,10-11H2,1-2H3,(H2,16,17,18);1H. The van der Waals surface area contributed by atoms with Gasteiger partial charge in [-0.3, -0.25) is 4.99 Å². The molecule has 0 unspecified atom stereocenters. The van der Waals surface area contributed by atoms with E-state index in [-0.39, 0.29) is 24.0 Å². The monoisotopic (exact) mass is 391 g/mol. The van der Waals surface area contributed by atoms with Crippen LogP contribution in [0.3, 0.4) is 0 Å². The molecule has 5 heteroatoms. The lowest BCUT2D eigenvalue weighted by atomic mass is 10.2. The van der Waals surface area contributed by atoms with Gasteiger partial charge < -0.3 is 15.1 Å². The van der Waals surface area contributed by atoms with E-state index in [0.717, 1.165) is 43.7 Å². The summed E-state index contributed by atoms with van der Waals surface area (Å²) in [6, 6.07) is 3.93. The molecule has 1 aromatic heterocycles. The first-order chi connectivity index (χ1) is 9.24. The SMILES string of the molecule is CC(C)CN=C(NCCc1ccco1)NCC1CC1.I. The number of hydrogen-bond donors (Lipinski definition) is 2. The first kappa shape index (κ1) is 17.3. The van der Waals surface area contributed by atoms with E-state index in [2.05, 4.69) is 29.5 Å². The van der Waals surface area contributed by atoms with E-state index in [1.165, 1.54) is 12.8 Å². The van der Waals surface area contributed by atoms with Crippen LogP contribution in [0.5, 0.6) is 0 Å². The maximum Gasteiger partial charge on any atom is 0.191 e. The molecular weight excluding hydrogens is 365 g/mol. The number of aliphatic imine (C=N–C) groups is 1. The number of rotatable bonds is 7. The van der Waals surface area contributed by atoms with Crippen molar-refractivity contribution < 1.29 is 4.42 Å². The minimum Gasteiger partial charge on any atom is -0.469 e. The lowest BCUT2D eigenvalue weighted by Gasteiger charge is -2.12. The molecule has 1 heterocycles. The Morgan fingerprint density at radius 3 is 2.80 bits per heavy atom. The molecule has 1 aliphatic rings. The first-order valence-corrected chi connectivity index (χ1v) is 7.28. The van der Waals surface area contributed by atoms with E-state index in [0.29, 0.717) is 5.92 Å². The molecule has 0 saturated heterocycles. The average Bonchev–Trinajstić information content (AvgIpc) is 3.07. The van der Waals surface area contributed by atoms with E-state index < -0.39 is 0 Å². The Bertz CT molecular complexity index is 386. The molecule has 0 spiro atoms. The zero-order valence-electron chi connectivity index (χ0n) is 12.4. The van der Waals surface area contributed by atoms with Crippen LogP contribution in [0.2, 0.25) is 0 Å². The first-order valence-electron chi connectivity index (χ1n) is 7.28. The smallest absolute Gasteiger partial charge is 0.191 e. The molecule has 20 heavy (non-hydrogen) atoms. The van der Waals surface area contributed by atoms with Crippen LogP contribution < -0.4 is 10.6 Å². The number of nitrogens with one attached hydrogen (secondary N) is 2. The summed E-state index contributed by atoms with van der Waals surface area (Å²) in [6.07, 6.45) is 5.32. The maximum absolute atomic E-state index is 5.32. The van der Waals surface area contributed by atoms with Crippen LogP contribution in [0.25, 0.3) is 0 Å². The third-order valence-corrected chi connectivity index (χ3v) is 3.11. The molecule has 4 nitrogen and oxygen atoms in total. The summed E-state index contributed by atoms with van der Waals surface area (Å²) in [4.78, 5) is 4.61. The van der Waals surface area contributed by atoms with Crippen LogP contribution in [0, 0.1) is 11.8 Å². The van der Waals surface area contributed by atoms with Crippen molar-refractivity contribution in [2.75, 3.05) is 19.6 Å². The quantitative estimate of drug-likeness (QED) is 0.427. The van der Waals surface area contributed by atoms with Gasteiger partial charge in [0.15, 0.2) is 5.96 Å². The van der Waals surface area contributed by atoms with Crippen molar-refractivity contribution >= 4 is 29.9 Å². The Labute approximate surface area is 138 Å². The van der Waals surface area contributed by atoms with Gasteiger partial charge in [0.2, 0.25) is 0 Å². The second kappa shape index (κ2) is 9.26. The van der Waals surface area contributed by atoms with E-state index in [9.17, 15) is 0 Å². The average molecular weight is 391 g/mol. The van der Waals surface area contributed by atoms with Gasteiger partial charge in [-0.2, -0.15) is 0 Å². The molecule has 1 aromatic rings. The summed E-state index contributed by atoms with van der Waals surface area (Å²) in [6.45, 7) is 7.13. The fraction of sp³-hybridized carbons (Fsp3) is 0.667. The second-order valence-electron chi connectivity index (χ2n) is 5.66. The summed E-state index contributed by atoms with van der Waals surface area (Å²) >= 11 is 0. The van der Waals surface area contributed by atoms with Crippen molar-refractivity contribution in [2.24, 2.45) is 16.8 Å². The number of guanidine groups is 1. The molecule has 0 aliphatic heterocycles. The van der Waals surface area contributed by atoms with Crippen molar-refractivity contribution in [3.63, 3.8) is 0 Å². The van der Waals surface area contributed by atoms with Crippen molar-refractivity contribution in [2.45, 2.75) is 33.1 Å². The number of hydrogen-bond acceptors (Lipinski definition) is 2. The summed E-state index contributed by atoms with van der Waals surface area (Å²) in [5, 5.41) is 6.80. The fourth-order valence-corrected chi connectivity index (χ4v) is 1.77. The molecule has 114 valence electrons. The van der Waals surface area contributed by atoms with Gasteiger partial charge in [-0.05, 0) is 36.8 Å². The summed E-state index contributed by atoms with van der Waals surface area (Å²) in [7, 11) is 0. The predicted molar refractivity (Wildman–Crippen MR) is 93.7 cm³/mol. The molecule has 0 radical (unpaired) electrons. The van der Waals surface area contributed by atoms with Crippen molar-refractivity contribution in [1.82, 2.24) is 10.6 Å². The van der Waals surface area contributed by atoms with E-state index in [1.54, 1.807) is 6.26 Å². The largest absolute Gasteiger partial charge is 0.469 e. The molecule has 1 fully saturated rings. The van der Waals surface area contributed by atoms with Crippen LogP contribution in [0.15, 0.2) is 27.8 Å². The topological polar surface area (TPSA) is 49.6 Å². The third-order valence-electron chi connectivity index (χ3n) is 3.11. The second-order valence-corrected chi connectivity index (χ2v) is 5.66. The van der Waals surface area contributed by atoms with Crippen molar-refractivity contribution in [3.05, 3.63) is 24.2 Å². The van der Waals surface area contributed by atoms with Gasteiger partial charge in [0, 0.05) is 26.1 Å². The van der Waals surface area contributed by atoms with Crippen LogP contribution >= 0.6 is 24.0 Å². The Hall–Kier alpha value is -0.720. The molecule has 0 aromatic carbocycles. The van der Waals surface area contributed by atoms with Crippen LogP contribution in [0.1, 0.15) is 32.4 Å². The van der Waals surface area contributed by atoms with Crippen molar-refractivity contribution in [1.29, 1.82) is 0 Å². The molecule has 0 amide bonds. The molecule has 0 bridgehead atoms. The molecule has 1 saturated carbocycles. The normalized spacial score (nSPS) is 15.1. The van der Waals surface area contributed by atoms with Crippen LogP contribution in [-0.4, -0.2) is 25.6 Å². The van der Waals surface area contributed by atoms with Gasteiger partial charge in [-0.25, -0.2) is 0 Å². The number of furan rings is 1. The summed E-state index contributed by atoms with van der Waals surface area (Å²) in [5.74, 6) is 3.39. The Kier molecular flexibility index (Phi) is 8.02. The van der Waals surface area contributed by atoms with Gasteiger partial charge in [0.05, 0.1) is 6.26 Å². The van der Waals surface area contributed by atoms with Gasteiger partial charge >= 0.3 is 0 Å². The van der Waals surface area contributed by atoms with Crippen LogP contribution in [0.4, 0.5) is 0 Å². The van der Waals surface area contributed by atoms with Crippen LogP contribution in [-0.2, 0) is 6.42 Å². The minimum atomic E-state index is 0. The van der Waals surface area contributed by atoms with Gasteiger partial charge in [0.25, 0.3) is 0 Å². The Morgan fingerprint density at radius 2 is 2.20 bits per heavy atom. The molecule has 0 atom stereocenters. The van der Waals surface area contributed by atoms with Crippen molar-refractivity contribution in [3.8, 4) is 0 Å². The lowest BCUT2D eigenvalue weighted by molar-refractivity contribution is 0.506. The summed E-state index contributed by atoms with van der Waals surface area (Å²) in [5.41, 5.74) is 0. The zero-order valence-corrected chi connectivity index (χ0v) is 14.7. The van der Waals surface area contributed by atoms with E-state index >= 15 is 0 Å². The highest BCUT2D eigenvalue weighted by Crippen LogP contribution is 2.27. The van der Waals surface area contributed by atoms with E-state index in [1.807, 2.05) is 12.1 Å². The highest BCUT2D eigenvalue weighted by molar-refractivity contribution is 14.0. The maximum atomic E-state index is 5.32. The van der Waals surface area contributed by atoms with E-state index in [4.69, 9.17) is 4.42 Å². The highest BCUT2D eigenvalue weighted by Gasteiger charge is 2.21. The summed E-state index contributed by atoms with van der Waals surface area (Å²) < 4.78 is 5.32. The van der Waals surface area contributed by atoms with Gasteiger partial charge in [0.1, 0.15) is 5.76 Å². The molecule has 1 aliphatic carbocycles. The minimum absolute atomic E-state index is 0. The third kappa shape index (κ3) is 7.17. The predicted octanol–water partition coefficient (Wildman–Crippen LogP) is 3.04. The number of nitrogens with zero attached hydrogens (tertiary/aromatic N) is 1. The molecule has 2 rings (SSSR count). The van der Waals surface area contributed by atoms with Gasteiger partial charge in [-0.15, -0.1) is 24.0 Å². The highest BCUT2D eigenvalue weighted by atomic mass is 127. The Balaban J connectivity index is 0.00000200. The lowest BCUT2D eigenvalue weighted by Crippen LogP contribution is -2.39. The fourth-order valence-electron chi connectivity index (χ4n) is 1.77. The number of halogens is 1. The molecule has 2 N–H and O–H groups in total. The molecular formula is C15H26IN3O. The zero-order chi connectivity index (χ0) is 13.5. The van der Waals surface area contributed by atoms with Gasteiger partial charge in [-0.1, -0.05) is 13.8 Å².